The van der Waals surface area contributed by atoms with Crippen LogP contribution in [-0.2, 0) is 16.6 Å². The van der Waals surface area contributed by atoms with Crippen molar-refractivity contribution in [2.24, 2.45) is 0 Å². The van der Waals surface area contributed by atoms with Gasteiger partial charge in [-0.15, -0.1) is 11.3 Å². The molecule has 0 aliphatic carbocycles. The molecule has 17 heavy (non-hydrogen) atoms. The first-order chi connectivity index (χ1) is 8.05. The maximum Gasteiger partial charge on any atom is 0.252 e. The number of sulfonamides is 1. The third-order valence-electron chi connectivity index (χ3n) is 3.04. The van der Waals surface area contributed by atoms with Crippen LogP contribution in [0.5, 0.6) is 0 Å². The van der Waals surface area contributed by atoms with E-state index in [1.54, 1.807) is 10.4 Å². The van der Waals surface area contributed by atoms with E-state index in [2.05, 4.69) is 5.32 Å². The Labute approximate surface area is 107 Å². The Morgan fingerprint density at radius 3 is 2.88 bits per heavy atom. The molecule has 1 N–H and O–H groups in total. The van der Waals surface area contributed by atoms with Gasteiger partial charge in [0.2, 0.25) is 0 Å². The molecule has 1 fully saturated rings. The lowest BCUT2D eigenvalue weighted by Crippen LogP contribution is -2.33. The Morgan fingerprint density at radius 2 is 2.29 bits per heavy atom. The molecule has 1 unspecified atom stereocenters. The van der Waals surface area contributed by atoms with Crippen LogP contribution in [0.25, 0.3) is 0 Å². The summed E-state index contributed by atoms with van der Waals surface area (Å²) in [6, 6.07) is 3.74. The van der Waals surface area contributed by atoms with Crippen LogP contribution < -0.4 is 5.32 Å². The first-order valence-corrected chi connectivity index (χ1v) is 8.06. The largest absolute Gasteiger partial charge is 0.315 e. The van der Waals surface area contributed by atoms with Gasteiger partial charge >= 0.3 is 0 Å². The minimum atomic E-state index is -3.26. The fourth-order valence-corrected chi connectivity index (χ4v) is 5.34. The van der Waals surface area contributed by atoms with Gasteiger partial charge in [0.15, 0.2) is 0 Å². The Bertz CT molecular complexity index is 481. The van der Waals surface area contributed by atoms with Crippen molar-refractivity contribution in [1.82, 2.24) is 9.62 Å². The Kier molecular flexibility index (Phi) is 3.87. The van der Waals surface area contributed by atoms with Crippen LogP contribution in [-0.4, -0.2) is 32.4 Å². The van der Waals surface area contributed by atoms with Gasteiger partial charge < -0.3 is 5.32 Å². The van der Waals surface area contributed by atoms with Gasteiger partial charge in [-0.05, 0) is 38.9 Å². The second-order valence-corrected chi connectivity index (χ2v) is 7.64. The van der Waals surface area contributed by atoms with Gasteiger partial charge in [-0.3, -0.25) is 0 Å². The molecule has 96 valence electrons. The van der Waals surface area contributed by atoms with Gasteiger partial charge in [-0.25, -0.2) is 8.42 Å². The van der Waals surface area contributed by atoms with E-state index in [4.69, 9.17) is 0 Å². The number of nitrogens with zero attached hydrogens (tertiary/aromatic N) is 1. The fourth-order valence-electron chi connectivity index (χ4n) is 2.15. The maximum absolute atomic E-state index is 12.4. The number of hydrogen-bond acceptors (Lipinski definition) is 4. The zero-order valence-corrected chi connectivity index (χ0v) is 11.8. The lowest BCUT2D eigenvalue weighted by Gasteiger charge is -2.19. The topological polar surface area (TPSA) is 49.4 Å². The first kappa shape index (κ1) is 13.0. The smallest absolute Gasteiger partial charge is 0.252 e. The molecule has 0 amide bonds. The summed E-state index contributed by atoms with van der Waals surface area (Å²) in [7, 11) is -1.40. The van der Waals surface area contributed by atoms with E-state index in [0.29, 0.717) is 10.8 Å². The number of nitrogens with one attached hydrogen (secondary N) is 1. The molecule has 0 spiro atoms. The summed E-state index contributed by atoms with van der Waals surface area (Å²) in [4.78, 5) is 1.05. The van der Waals surface area contributed by atoms with Crippen LogP contribution in [0.15, 0.2) is 16.3 Å². The highest BCUT2D eigenvalue weighted by atomic mass is 32.2. The average Bonchev–Trinajstić information content (AvgIpc) is 2.87. The molecule has 1 atom stereocenters. The van der Waals surface area contributed by atoms with Gasteiger partial charge in [0.25, 0.3) is 10.0 Å². The Balaban J connectivity index is 2.24. The minimum absolute atomic E-state index is 0.134. The van der Waals surface area contributed by atoms with E-state index < -0.39 is 10.0 Å². The van der Waals surface area contributed by atoms with Crippen molar-refractivity contribution in [2.45, 2.75) is 36.6 Å². The summed E-state index contributed by atoms with van der Waals surface area (Å²) in [6.07, 6.45) is 1.93. The summed E-state index contributed by atoms with van der Waals surface area (Å²) in [6.45, 7) is 3.35. The van der Waals surface area contributed by atoms with Crippen LogP contribution in [0.3, 0.4) is 0 Å². The quantitative estimate of drug-likeness (QED) is 0.908. The monoisotopic (exact) mass is 274 g/mol. The van der Waals surface area contributed by atoms with Gasteiger partial charge in [-0.1, -0.05) is 0 Å². The zero-order valence-electron chi connectivity index (χ0n) is 10.1. The standard InChI is InChI=1S/C11H18N2O2S2/c1-9-4-3-7-13(9)17(14,15)11-6-5-10(16-11)8-12-2/h5-6,9,12H,3-4,7-8H2,1-2H3. The maximum atomic E-state index is 12.4. The summed E-state index contributed by atoms with van der Waals surface area (Å²) in [5.74, 6) is 0. The van der Waals surface area contributed by atoms with E-state index in [0.717, 1.165) is 24.3 Å². The SMILES string of the molecule is CNCc1ccc(S(=O)(=O)N2CCCC2C)s1. The summed E-state index contributed by atoms with van der Waals surface area (Å²) in [5, 5.41) is 3.03. The highest BCUT2D eigenvalue weighted by Gasteiger charge is 2.33. The van der Waals surface area contributed by atoms with Crippen molar-refractivity contribution in [1.29, 1.82) is 0 Å². The third-order valence-corrected chi connectivity index (χ3v) is 6.61. The van der Waals surface area contributed by atoms with E-state index in [-0.39, 0.29) is 6.04 Å². The lowest BCUT2D eigenvalue weighted by molar-refractivity contribution is 0.409. The molecule has 2 rings (SSSR count). The van der Waals surface area contributed by atoms with E-state index in [9.17, 15) is 8.42 Å². The molecule has 0 aromatic carbocycles. The van der Waals surface area contributed by atoms with Crippen LogP contribution >= 0.6 is 11.3 Å². The van der Waals surface area contributed by atoms with Gasteiger partial charge in [-0.2, -0.15) is 4.31 Å². The summed E-state index contributed by atoms with van der Waals surface area (Å²) >= 11 is 1.36. The first-order valence-electron chi connectivity index (χ1n) is 5.81. The third kappa shape index (κ3) is 2.54. The zero-order chi connectivity index (χ0) is 12.5. The van der Waals surface area contributed by atoms with Gasteiger partial charge in [0, 0.05) is 24.0 Å². The predicted octanol–water partition coefficient (Wildman–Crippen LogP) is 1.64. The number of thiophene rings is 1. The molecule has 0 bridgehead atoms. The van der Waals surface area contributed by atoms with Crippen LogP contribution in [0.1, 0.15) is 24.6 Å². The highest BCUT2D eigenvalue weighted by Crippen LogP contribution is 2.29. The molecular weight excluding hydrogens is 256 g/mol. The lowest BCUT2D eigenvalue weighted by atomic mass is 10.3. The molecule has 1 aromatic heterocycles. The Morgan fingerprint density at radius 1 is 1.53 bits per heavy atom. The molecule has 0 saturated carbocycles. The normalized spacial score (nSPS) is 22.1. The van der Waals surface area contributed by atoms with Crippen molar-refractivity contribution in [2.75, 3.05) is 13.6 Å². The number of hydrogen-bond donors (Lipinski definition) is 1. The Hall–Kier alpha value is -0.430. The van der Waals surface area contributed by atoms with Crippen molar-refractivity contribution < 1.29 is 8.42 Å². The molecule has 1 aliphatic rings. The average molecular weight is 274 g/mol. The molecule has 1 aromatic rings. The highest BCUT2D eigenvalue weighted by molar-refractivity contribution is 7.91. The summed E-state index contributed by atoms with van der Waals surface area (Å²) < 4.78 is 26.9. The molecular formula is C11H18N2O2S2. The molecule has 1 aliphatic heterocycles. The van der Waals surface area contributed by atoms with Crippen molar-refractivity contribution in [3.8, 4) is 0 Å². The molecule has 6 heteroatoms. The molecule has 4 nitrogen and oxygen atoms in total. The van der Waals surface area contributed by atoms with Crippen molar-refractivity contribution in [3.05, 3.63) is 17.0 Å². The molecule has 0 radical (unpaired) electrons. The fraction of sp³-hybridized carbons (Fsp3) is 0.636. The van der Waals surface area contributed by atoms with Crippen LogP contribution in [0.4, 0.5) is 0 Å². The molecule has 2 heterocycles. The van der Waals surface area contributed by atoms with Gasteiger partial charge in [0.1, 0.15) is 4.21 Å². The van der Waals surface area contributed by atoms with Crippen LogP contribution in [0, 0.1) is 0 Å². The minimum Gasteiger partial charge on any atom is -0.315 e. The van der Waals surface area contributed by atoms with E-state index >= 15 is 0 Å². The van der Waals surface area contributed by atoms with E-state index in [1.165, 1.54) is 11.3 Å². The van der Waals surface area contributed by atoms with Gasteiger partial charge in [0.05, 0.1) is 0 Å². The van der Waals surface area contributed by atoms with E-state index in [1.807, 2.05) is 20.0 Å². The summed E-state index contributed by atoms with van der Waals surface area (Å²) in [5.41, 5.74) is 0. The predicted molar refractivity (Wildman–Crippen MR) is 69.7 cm³/mol. The second-order valence-electron chi connectivity index (χ2n) is 4.36. The van der Waals surface area contributed by atoms with Crippen molar-refractivity contribution in [3.63, 3.8) is 0 Å². The van der Waals surface area contributed by atoms with Crippen LogP contribution in [0.2, 0.25) is 0 Å². The number of rotatable bonds is 4. The second kappa shape index (κ2) is 5.06. The molecule has 1 saturated heterocycles. The van der Waals surface area contributed by atoms with Crippen molar-refractivity contribution >= 4 is 21.4 Å².